The van der Waals surface area contributed by atoms with Crippen molar-refractivity contribution in [3.05, 3.63) is 41.6 Å². The van der Waals surface area contributed by atoms with Gasteiger partial charge < -0.3 is 29.0 Å². The lowest BCUT2D eigenvalue weighted by Gasteiger charge is -2.39. The van der Waals surface area contributed by atoms with Crippen LogP contribution in [0, 0.1) is 17.3 Å². The summed E-state index contributed by atoms with van der Waals surface area (Å²) in [5.41, 5.74) is -0.816. The summed E-state index contributed by atoms with van der Waals surface area (Å²) in [4.78, 5) is 62.4. The van der Waals surface area contributed by atoms with E-state index in [1.807, 2.05) is 31.2 Å². The van der Waals surface area contributed by atoms with Crippen LogP contribution < -0.4 is 9.47 Å². The summed E-state index contributed by atoms with van der Waals surface area (Å²) >= 11 is 0. The second kappa shape index (κ2) is 14.8. The third-order valence-electron chi connectivity index (χ3n) is 11.1. The lowest BCUT2D eigenvalue weighted by atomic mass is 9.83. The number of aromatic nitrogens is 1. The number of ketones is 1. The van der Waals surface area contributed by atoms with Gasteiger partial charge in [-0.15, -0.1) is 0 Å². The Bertz CT molecular complexity index is 1750. The number of allylic oxidation sites excluding steroid dienone is 2. The molecule has 2 fully saturated rings. The first-order chi connectivity index (χ1) is 24.7. The van der Waals surface area contributed by atoms with Crippen molar-refractivity contribution < 1.29 is 43.2 Å². The number of pyridine rings is 1. The maximum Gasteiger partial charge on any atom is 0.313 e. The lowest BCUT2D eigenvalue weighted by molar-refractivity contribution is -0.159. The SMILES string of the molecule is CCOC(=O)[C@]12CC(=O)[C@@H]3C[C@]4(CC(O)c5c(c(CC)nc6ccc(OC)cc56)O4)CN3C(=O)[C@@H](CC(=O)OC(C)(C)C)CCCCC/C=C\[C@@H]1C2. The maximum absolute atomic E-state index is 14.8. The van der Waals surface area contributed by atoms with Crippen molar-refractivity contribution in [2.45, 2.75) is 129 Å². The van der Waals surface area contributed by atoms with Crippen LogP contribution in [0.3, 0.4) is 0 Å². The minimum atomic E-state index is -1.11. The number of esters is 2. The molecular weight excluding hydrogens is 664 g/mol. The fourth-order valence-corrected chi connectivity index (χ4v) is 8.54. The number of benzene rings is 1. The smallest absolute Gasteiger partial charge is 0.313 e. The number of fused-ring (bicyclic) bond motifs is 5. The van der Waals surface area contributed by atoms with E-state index in [-0.39, 0.29) is 56.4 Å². The first kappa shape index (κ1) is 37.8. The predicted octanol–water partition coefficient (Wildman–Crippen LogP) is 6.36. The molecule has 0 bridgehead atoms. The number of carbonyl (C=O) groups excluding carboxylic acids is 4. The number of ether oxygens (including phenoxy) is 4. The van der Waals surface area contributed by atoms with E-state index in [9.17, 15) is 24.3 Å². The Balaban J connectivity index is 1.40. The monoisotopic (exact) mass is 718 g/mol. The second-order valence-corrected chi connectivity index (χ2v) is 16.1. The van der Waals surface area contributed by atoms with E-state index in [2.05, 4.69) is 6.08 Å². The standard InChI is InChI=1S/C41H54N2O9/c1-7-29-36-35(28-19-27(49-6)16-17-30(28)42-29)33(45)22-40(52-36)21-31-32(44)23-41(38(48)50-8-2)20-26(41)15-13-11-9-10-12-14-25(37(47)43(31)24-40)18-34(46)51-39(3,4)5/h13,15-17,19,25-26,31,33,45H,7-12,14,18,20-24H2,1-6H3/b15-13-/t25-,26-,31+,33?,40+,41-/m1/s1. The number of aliphatic hydroxyl groups excluding tert-OH is 1. The third kappa shape index (κ3) is 7.56. The molecule has 1 aromatic heterocycles. The number of aryl methyl sites for hydroxylation is 1. The van der Waals surface area contributed by atoms with Crippen LogP contribution in [0.2, 0.25) is 0 Å². The van der Waals surface area contributed by atoms with Gasteiger partial charge in [-0.1, -0.05) is 31.9 Å². The summed E-state index contributed by atoms with van der Waals surface area (Å²) in [5.74, 6) is -1.17. The molecule has 0 radical (unpaired) electrons. The van der Waals surface area contributed by atoms with Crippen molar-refractivity contribution in [3.8, 4) is 11.5 Å². The highest BCUT2D eigenvalue weighted by Crippen LogP contribution is 2.58. The largest absolute Gasteiger partial charge is 0.497 e. The Morgan fingerprint density at radius 1 is 1.10 bits per heavy atom. The number of carbonyl (C=O) groups is 4. The molecule has 6 atom stereocenters. The number of Topliss-reactive ketones (excluding diaryl/α,β-unsaturated/α-hetero) is 1. The molecule has 6 rings (SSSR count). The Kier molecular flexibility index (Phi) is 10.7. The van der Waals surface area contributed by atoms with E-state index in [1.165, 1.54) is 0 Å². The highest BCUT2D eigenvalue weighted by molar-refractivity contribution is 5.96. The summed E-state index contributed by atoms with van der Waals surface area (Å²) in [7, 11) is 1.58. The summed E-state index contributed by atoms with van der Waals surface area (Å²) in [6.45, 7) is 9.35. The molecule has 4 heterocycles. The Morgan fingerprint density at radius 3 is 2.60 bits per heavy atom. The molecule has 1 saturated heterocycles. The zero-order chi connectivity index (χ0) is 37.4. The summed E-state index contributed by atoms with van der Waals surface area (Å²) < 4.78 is 23.6. The first-order valence-electron chi connectivity index (χ1n) is 19.0. The number of aliphatic hydroxyl groups is 1. The number of methoxy groups -OCH3 is 1. The van der Waals surface area contributed by atoms with Gasteiger partial charge in [0.2, 0.25) is 5.91 Å². The van der Waals surface area contributed by atoms with Crippen LogP contribution >= 0.6 is 0 Å². The van der Waals surface area contributed by atoms with Gasteiger partial charge in [-0.3, -0.25) is 19.2 Å². The Morgan fingerprint density at radius 2 is 1.88 bits per heavy atom. The van der Waals surface area contributed by atoms with Crippen LogP contribution in [0.25, 0.3) is 10.9 Å². The van der Waals surface area contributed by atoms with Crippen molar-refractivity contribution in [3.63, 3.8) is 0 Å². The van der Waals surface area contributed by atoms with Gasteiger partial charge in [0.05, 0.1) is 55.5 Å². The average molecular weight is 719 g/mol. The van der Waals surface area contributed by atoms with Crippen molar-refractivity contribution >= 4 is 34.5 Å². The van der Waals surface area contributed by atoms with E-state index in [0.717, 1.165) is 31.1 Å². The predicted molar refractivity (Wildman–Crippen MR) is 194 cm³/mol. The molecule has 1 aromatic carbocycles. The molecule has 11 heteroatoms. The second-order valence-electron chi connectivity index (χ2n) is 16.1. The zero-order valence-corrected chi connectivity index (χ0v) is 31.5. The number of amides is 1. The number of nitrogens with zero attached hydrogens (tertiary/aromatic N) is 2. The third-order valence-corrected chi connectivity index (χ3v) is 11.1. The summed E-state index contributed by atoms with van der Waals surface area (Å²) in [6.07, 6.45) is 8.05. The molecule has 1 aliphatic carbocycles. The van der Waals surface area contributed by atoms with Crippen LogP contribution in [-0.4, -0.2) is 76.1 Å². The fraction of sp³-hybridized carbons (Fsp3) is 0.634. The highest BCUT2D eigenvalue weighted by atomic mass is 16.6. The van der Waals surface area contributed by atoms with Gasteiger partial charge >= 0.3 is 11.9 Å². The van der Waals surface area contributed by atoms with E-state index < -0.39 is 46.6 Å². The number of rotatable bonds is 6. The number of hydrogen-bond donors (Lipinski definition) is 1. The van der Waals surface area contributed by atoms with Gasteiger partial charge in [0, 0.05) is 36.1 Å². The van der Waals surface area contributed by atoms with Crippen LogP contribution in [0.4, 0.5) is 0 Å². The average Bonchev–Trinajstić information content (AvgIpc) is 3.67. The molecule has 1 unspecified atom stereocenters. The molecule has 1 N–H and O–H groups in total. The van der Waals surface area contributed by atoms with Crippen molar-refractivity contribution in [2.24, 2.45) is 17.3 Å². The van der Waals surface area contributed by atoms with Crippen LogP contribution in [0.15, 0.2) is 30.4 Å². The Labute approximate surface area is 306 Å². The fourth-order valence-electron chi connectivity index (χ4n) is 8.54. The van der Waals surface area contributed by atoms with E-state index in [0.29, 0.717) is 47.5 Å². The summed E-state index contributed by atoms with van der Waals surface area (Å²) in [6, 6.07) is 4.60. The maximum atomic E-state index is 14.8. The zero-order valence-electron chi connectivity index (χ0n) is 31.5. The molecule has 1 amide bonds. The lowest BCUT2D eigenvalue weighted by Crippen LogP contribution is -2.47. The van der Waals surface area contributed by atoms with Crippen molar-refractivity contribution in [2.75, 3.05) is 20.3 Å². The summed E-state index contributed by atoms with van der Waals surface area (Å²) in [5, 5.41) is 12.7. The number of hydrogen-bond acceptors (Lipinski definition) is 10. The topological polar surface area (TPSA) is 142 Å². The van der Waals surface area contributed by atoms with Gasteiger partial charge in [0.15, 0.2) is 5.78 Å². The Hall–Kier alpha value is -3.99. The quantitative estimate of drug-likeness (QED) is 0.265. The van der Waals surface area contributed by atoms with E-state index in [4.69, 9.17) is 23.9 Å². The van der Waals surface area contributed by atoms with Crippen LogP contribution in [0.1, 0.15) is 116 Å². The highest BCUT2D eigenvalue weighted by Gasteiger charge is 2.63. The van der Waals surface area contributed by atoms with Gasteiger partial charge in [-0.25, -0.2) is 4.98 Å². The van der Waals surface area contributed by atoms with Gasteiger partial charge in [0.25, 0.3) is 0 Å². The molecule has 1 saturated carbocycles. The first-order valence-corrected chi connectivity index (χ1v) is 19.0. The van der Waals surface area contributed by atoms with Gasteiger partial charge in [-0.05, 0) is 83.9 Å². The molecule has 3 aliphatic heterocycles. The van der Waals surface area contributed by atoms with Crippen molar-refractivity contribution in [1.29, 1.82) is 0 Å². The minimum absolute atomic E-state index is 0.0403. The molecule has 11 nitrogen and oxygen atoms in total. The van der Waals surface area contributed by atoms with Crippen molar-refractivity contribution in [1.82, 2.24) is 9.88 Å². The van der Waals surface area contributed by atoms with Gasteiger partial charge in [0.1, 0.15) is 22.7 Å². The molecular formula is C41H54N2O9. The van der Waals surface area contributed by atoms with E-state index >= 15 is 0 Å². The van der Waals surface area contributed by atoms with Crippen LogP contribution in [0.5, 0.6) is 11.5 Å². The molecule has 282 valence electrons. The molecule has 52 heavy (non-hydrogen) atoms. The van der Waals surface area contributed by atoms with Crippen LogP contribution in [-0.2, 0) is 35.1 Å². The minimum Gasteiger partial charge on any atom is -0.497 e. The normalized spacial score (nSPS) is 29.9. The van der Waals surface area contributed by atoms with E-state index in [1.54, 1.807) is 39.7 Å². The molecule has 4 aliphatic rings. The van der Waals surface area contributed by atoms with Gasteiger partial charge in [-0.2, -0.15) is 0 Å². The molecule has 1 spiro atoms. The molecule has 2 aromatic rings.